The Hall–Kier alpha value is -0.610. The highest BCUT2D eigenvalue weighted by molar-refractivity contribution is 5.77. The first-order valence-electron chi connectivity index (χ1n) is 7.77. The standard InChI is InChI=1S/C15H28N2O2/c1-15(16,14(18)19)9-2-3-10-17-11-5-7-12-6-4-8-13(12)17/h12-13H,2-11,16H2,1H3,(H,18,19). The summed E-state index contributed by atoms with van der Waals surface area (Å²) in [5.41, 5.74) is 4.69. The zero-order valence-electron chi connectivity index (χ0n) is 12.1. The number of nitrogens with two attached hydrogens (primary N) is 1. The average Bonchev–Trinajstić information content (AvgIpc) is 2.83. The Morgan fingerprint density at radius 2 is 2.05 bits per heavy atom. The highest BCUT2D eigenvalue weighted by atomic mass is 16.4. The van der Waals surface area contributed by atoms with Crippen molar-refractivity contribution in [3.63, 3.8) is 0 Å². The summed E-state index contributed by atoms with van der Waals surface area (Å²) < 4.78 is 0. The zero-order valence-corrected chi connectivity index (χ0v) is 12.1. The van der Waals surface area contributed by atoms with Crippen molar-refractivity contribution in [2.24, 2.45) is 11.7 Å². The minimum Gasteiger partial charge on any atom is -0.480 e. The number of hydrogen-bond donors (Lipinski definition) is 2. The number of hydrogen-bond acceptors (Lipinski definition) is 3. The van der Waals surface area contributed by atoms with Gasteiger partial charge in [0.2, 0.25) is 0 Å². The van der Waals surface area contributed by atoms with Crippen molar-refractivity contribution in [1.29, 1.82) is 0 Å². The smallest absolute Gasteiger partial charge is 0.323 e. The van der Waals surface area contributed by atoms with Gasteiger partial charge in [-0.15, -0.1) is 0 Å². The van der Waals surface area contributed by atoms with E-state index in [4.69, 9.17) is 10.8 Å². The minimum absolute atomic E-state index is 0.574. The van der Waals surface area contributed by atoms with Gasteiger partial charge < -0.3 is 15.7 Å². The second-order valence-electron chi connectivity index (χ2n) is 6.62. The topological polar surface area (TPSA) is 66.6 Å². The molecular weight excluding hydrogens is 240 g/mol. The van der Waals surface area contributed by atoms with E-state index in [1.54, 1.807) is 6.92 Å². The molecular formula is C15H28N2O2. The largest absolute Gasteiger partial charge is 0.480 e. The van der Waals surface area contributed by atoms with E-state index in [2.05, 4.69) is 4.90 Å². The first-order valence-corrected chi connectivity index (χ1v) is 7.77. The molecule has 1 saturated carbocycles. The molecule has 2 fully saturated rings. The van der Waals surface area contributed by atoms with Gasteiger partial charge in [-0.2, -0.15) is 0 Å². The number of nitrogens with zero attached hydrogens (tertiary/aromatic N) is 1. The Morgan fingerprint density at radius 3 is 2.79 bits per heavy atom. The monoisotopic (exact) mass is 268 g/mol. The van der Waals surface area contributed by atoms with E-state index < -0.39 is 11.5 Å². The van der Waals surface area contributed by atoms with Crippen molar-refractivity contribution in [1.82, 2.24) is 4.90 Å². The first-order chi connectivity index (χ1) is 9.00. The molecule has 19 heavy (non-hydrogen) atoms. The summed E-state index contributed by atoms with van der Waals surface area (Å²) in [4.78, 5) is 13.6. The van der Waals surface area contributed by atoms with E-state index in [1.165, 1.54) is 38.6 Å². The van der Waals surface area contributed by atoms with Crippen LogP contribution >= 0.6 is 0 Å². The third kappa shape index (κ3) is 3.69. The van der Waals surface area contributed by atoms with Crippen LogP contribution in [0.5, 0.6) is 0 Å². The summed E-state index contributed by atoms with van der Waals surface area (Å²) in [6, 6.07) is 0.817. The van der Waals surface area contributed by atoms with Crippen LogP contribution in [-0.4, -0.2) is 40.6 Å². The molecule has 3 unspecified atom stereocenters. The molecule has 0 bridgehead atoms. The molecule has 0 aromatic heterocycles. The van der Waals surface area contributed by atoms with Gasteiger partial charge in [0.15, 0.2) is 0 Å². The van der Waals surface area contributed by atoms with Crippen LogP contribution in [0, 0.1) is 5.92 Å². The van der Waals surface area contributed by atoms with Gasteiger partial charge in [-0.1, -0.05) is 6.42 Å². The van der Waals surface area contributed by atoms with Gasteiger partial charge in [-0.3, -0.25) is 4.79 Å². The fourth-order valence-corrected chi connectivity index (χ4v) is 3.75. The van der Waals surface area contributed by atoms with Gasteiger partial charge in [0.1, 0.15) is 5.54 Å². The van der Waals surface area contributed by atoms with E-state index in [0.29, 0.717) is 6.42 Å². The number of aliphatic carboxylic acids is 1. The van der Waals surface area contributed by atoms with Crippen LogP contribution < -0.4 is 5.73 Å². The second kappa shape index (κ2) is 6.23. The molecule has 2 aliphatic rings. The van der Waals surface area contributed by atoms with Crippen molar-refractivity contribution < 1.29 is 9.90 Å². The number of unbranched alkanes of at least 4 members (excludes halogenated alkanes) is 1. The Balaban J connectivity index is 1.69. The highest BCUT2D eigenvalue weighted by Crippen LogP contribution is 2.36. The predicted molar refractivity (Wildman–Crippen MR) is 76.0 cm³/mol. The van der Waals surface area contributed by atoms with Crippen LogP contribution in [0.2, 0.25) is 0 Å². The molecule has 3 N–H and O–H groups in total. The Labute approximate surface area is 116 Å². The molecule has 0 amide bonds. The van der Waals surface area contributed by atoms with Crippen LogP contribution in [0.25, 0.3) is 0 Å². The molecule has 3 atom stereocenters. The number of fused-ring (bicyclic) bond motifs is 1. The van der Waals surface area contributed by atoms with Gasteiger partial charge in [-0.25, -0.2) is 0 Å². The summed E-state index contributed by atoms with van der Waals surface area (Å²) in [7, 11) is 0. The Morgan fingerprint density at radius 1 is 1.32 bits per heavy atom. The lowest BCUT2D eigenvalue weighted by atomic mass is 9.91. The molecule has 1 heterocycles. The molecule has 4 heteroatoms. The number of carbonyl (C=O) groups is 1. The Kier molecular flexibility index (Phi) is 4.85. The van der Waals surface area contributed by atoms with Gasteiger partial charge >= 0.3 is 5.97 Å². The Bertz CT molecular complexity index is 317. The maximum atomic E-state index is 10.9. The summed E-state index contributed by atoms with van der Waals surface area (Å²) in [6.07, 6.45) is 9.49. The van der Waals surface area contributed by atoms with Crippen molar-refractivity contribution in [3.05, 3.63) is 0 Å². The second-order valence-corrected chi connectivity index (χ2v) is 6.62. The molecule has 0 aromatic carbocycles. The predicted octanol–water partition coefficient (Wildman–Crippen LogP) is 2.22. The van der Waals surface area contributed by atoms with Crippen LogP contribution in [0.3, 0.4) is 0 Å². The third-order valence-electron chi connectivity index (χ3n) is 4.99. The summed E-state index contributed by atoms with van der Waals surface area (Å²) >= 11 is 0. The van der Waals surface area contributed by atoms with Crippen LogP contribution in [0.15, 0.2) is 0 Å². The van der Waals surface area contributed by atoms with E-state index in [0.717, 1.165) is 31.3 Å². The summed E-state index contributed by atoms with van der Waals surface area (Å²) in [5.74, 6) is 0.0499. The van der Waals surface area contributed by atoms with E-state index in [1.807, 2.05) is 0 Å². The fourth-order valence-electron chi connectivity index (χ4n) is 3.75. The van der Waals surface area contributed by atoms with Gasteiger partial charge in [0, 0.05) is 6.04 Å². The molecule has 1 aliphatic carbocycles. The quantitative estimate of drug-likeness (QED) is 0.725. The highest BCUT2D eigenvalue weighted by Gasteiger charge is 2.34. The molecule has 110 valence electrons. The van der Waals surface area contributed by atoms with Gasteiger partial charge in [0.25, 0.3) is 0 Å². The summed E-state index contributed by atoms with van der Waals surface area (Å²) in [5, 5.41) is 8.98. The average molecular weight is 268 g/mol. The normalized spacial score (nSPS) is 30.8. The zero-order chi connectivity index (χ0) is 13.9. The molecule has 1 saturated heterocycles. The number of carboxylic acid groups (broad SMARTS) is 1. The van der Waals surface area contributed by atoms with Crippen LogP contribution in [0.1, 0.15) is 58.3 Å². The number of rotatable bonds is 6. The molecule has 0 radical (unpaired) electrons. The number of likely N-dealkylation sites (tertiary alicyclic amines) is 1. The maximum Gasteiger partial charge on any atom is 0.323 e. The number of piperidine rings is 1. The molecule has 0 spiro atoms. The lowest BCUT2D eigenvalue weighted by Crippen LogP contribution is -2.45. The minimum atomic E-state index is -1.06. The van der Waals surface area contributed by atoms with Gasteiger partial charge in [0.05, 0.1) is 0 Å². The van der Waals surface area contributed by atoms with Crippen molar-refractivity contribution >= 4 is 5.97 Å². The van der Waals surface area contributed by atoms with E-state index in [9.17, 15) is 4.79 Å². The SMILES string of the molecule is CC(N)(CCCCN1CCCC2CCCC21)C(=O)O. The fraction of sp³-hybridized carbons (Fsp3) is 0.933. The van der Waals surface area contributed by atoms with Gasteiger partial charge in [-0.05, 0) is 70.9 Å². The van der Waals surface area contributed by atoms with Crippen molar-refractivity contribution in [2.75, 3.05) is 13.1 Å². The lowest BCUT2D eigenvalue weighted by molar-refractivity contribution is -0.142. The molecule has 2 rings (SSSR count). The van der Waals surface area contributed by atoms with E-state index >= 15 is 0 Å². The third-order valence-corrected chi connectivity index (χ3v) is 4.99. The maximum absolute atomic E-state index is 10.9. The van der Waals surface area contributed by atoms with Crippen LogP contribution in [-0.2, 0) is 4.79 Å². The van der Waals surface area contributed by atoms with Crippen molar-refractivity contribution in [2.45, 2.75) is 69.9 Å². The lowest BCUT2D eigenvalue weighted by Gasteiger charge is -2.38. The molecule has 4 nitrogen and oxygen atoms in total. The van der Waals surface area contributed by atoms with Crippen molar-refractivity contribution in [3.8, 4) is 0 Å². The summed E-state index contributed by atoms with van der Waals surface area (Å²) in [6.45, 7) is 3.97. The first kappa shape index (κ1) is 14.8. The van der Waals surface area contributed by atoms with Crippen LogP contribution in [0.4, 0.5) is 0 Å². The van der Waals surface area contributed by atoms with E-state index in [-0.39, 0.29) is 0 Å². The number of carboxylic acids is 1. The molecule has 0 aromatic rings. The molecule has 1 aliphatic heterocycles.